The number of sulfonamides is 1. The lowest BCUT2D eigenvalue weighted by Crippen LogP contribution is -2.48. The van der Waals surface area contributed by atoms with Crippen LogP contribution in [0.3, 0.4) is 0 Å². The van der Waals surface area contributed by atoms with Crippen molar-refractivity contribution in [2.24, 2.45) is 0 Å². The largest absolute Gasteiger partial charge is 0.368 e. The molecule has 1 saturated heterocycles. The van der Waals surface area contributed by atoms with Gasteiger partial charge >= 0.3 is 0 Å². The van der Waals surface area contributed by atoms with E-state index in [-0.39, 0.29) is 10.8 Å². The number of hydrogen-bond acceptors (Lipinski definition) is 4. The van der Waals surface area contributed by atoms with Crippen LogP contribution in [0.2, 0.25) is 5.02 Å². The van der Waals surface area contributed by atoms with Crippen molar-refractivity contribution in [2.75, 3.05) is 42.4 Å². The second-order valence-corrected chi connectivity index (χ2v) is 10.5. The third kappa shape index (κ3) is 4.99. The first-order chi connectivity index (χ1) is 15.8. The smallest absolute Gasteiger partial charge is 0.264 e. The molecule has 1 heterocycles. The van der Waals surface area contributed by atoms with Gasteiger partial charge in [-0.3, -0.25) is 9.10 Å². The van der Waals surface area contributed by atoms with Gasteiger partial charge in [0.05, 0.1) is 10.6 Å². The lowest BCUT2D eigenvalue weighted by Gasteiger charge is -2.36. The van der Waals surface area contributed by atoms with E-state index in [0.717, 1.165) is 24.3 Å². The van der Waals surface area contributed by atoms with Crippen molar-refractivity contribution in [3.05, 3.63) is 88.9 Å². The molecule has 0 aliphatic carbocycles. The number of benzene rings is 3. The fourth-order valence-corrected chi connectivity index (χ4v) is 5.22. The Kier molecular flexibility index (Phi) is 6.63. The van der Waals surface area contributed by atoms with Gasteiger partial charge in [0.15, 0.2) is 0 Å². The summed E-state index contributed by atoms with van der Waals surface area (Å²) >= 11 is 6.10. The first-order valence-electron chi connectivity index (χ1n) is 10.7. The zero-order valence-corrected chi connectivity index (χ0v) is 20.2. The minimum atomic E-state index is -3.67. The van der Waals surface area contributed by atoms with E-state index >= 15 is 0 Å². The van der Waals surface area contributed by atoms with E-state index in [1.807, 2.05) is 36.1 Å². The standard InChI is InChI=1S/C25H26ClN3O3S/c1-19-6-12-24(13-7-19)33(31,32)27(2)22-10-8-20(9-11-22)25(30)29-16-14-28(15-17-29)23-5-3-4-21(26)18-23/h3-13,18H,14-17H2,1-2H3. The fraction of sp³-hybridized carbons (Fsp3) is 0.240. The maximum atomic E-state index is 13.0. The zero-order chi connectivity index (χ0) is 23.6. The molecule has 0 N–H and O–H groups in total. The first kappa shape index (κ1) is 23.1. The van der Waals surface area contributed by atoms with Crippen LogP contribution in [0.1, 0.15) is 15.9 Å². The number of anilines is 2. The molecular weight excluding hydrogens is 458 g/mol. The van der Waals surface area contributed by atoms with Crippen molar-refractivity contribution >= 4 is 38.9 Å². The Morgan fingerprint density at radius 1 is 0.909 bits per heavy atom. The molecule has 6 nitrogen and oxygen atoms in total. The molecule has 8 heteroatoms. The Hall–Kier alpha value is -3.03. The van der Waals surface area contributed by atoms with Crippen molar-refractivity contribution in [3.63, 3.8) is 0 Å². The highest BCUT2D eigenvalue weighted by Crippen LogP contribution is 2.24. The Morgan fingerprint density at radius 2 is 1.55 bits per heavy atom. The summed E-state index contributed by atoms with van der Waals surface area (Å²) in [5.41, 5.74) is 3.08. The average Bonchev–Trinajstić information content (AvgIpc) is 2.83. The summed E-state index contributed by atoms with van der Waals surface area (Å²) < 4.78 is 27.1. The molecule has 0 radical (unpaired) electrons. The third-order valence-corrected chi connectivity index (χ3v) is 7.93. The topological polar surface area (TPSA) is 60.9 Å². The minimum Gasteiger partial charge on any atom is -0.368 e. The van der Waals surface area contributed by atoms with Gasteiger partial charge < -0.3 is 9.80 Å². The van der Waals surface area contributed by atoms with E-state index in [9.17, 15) is 13.2 Å². The lowest BCUT2D eigenvalue weighted by molar-refractivity contribution is 0.0747. The molecule has 0 bridgehead atoms. The van der Waals surface area contributed by atoms with Crippen LogP contribution in [0.5, 0.6) is 0 Å². The molecule has 1 fully saturated rings. The molecule has 0 atom stereocenters. The number of amides is 1. The van der Waals surface area contributed by atoms with Crippen molar-refractivity contribution < 1.29 is 13.2 Å². The number of piperazine rings is 1. The van der Waals surface area contributed by atoms with Gasteiger partial charge in [-0.15, -0.1) is 0 Å². The van der Waals surface area contributed by atoms with Crippen LogP contribution >= 0.6 is 11.6 Å². The molecule has 3 aromatic rings. The van der Waals surface area contributed by atoms with E-state index in [4.69, 9.17) is 11.6 Å². The van der Waals surface area contributed by atoms with E-state index < -0.39 is 10.0 Å². The van der Waals surface area contributed by atoms with Crippen LogP contribution in [-0.4, -0.2) is 52.5 Å². The van der Waals surface area contributed by atoms with Crippen LogP contribution in [-0.2, 0) is 10.0 Å². The molecule has 1 amide bonds. The SMILES string of the molecule is Cc1ccc(S(=O)(=O)N(C)c2ccc(C(=O)N3CCN(c4cccc(Cl)c4)CC3)cc2)cc1. The summed E-state index contributed by atoms with van der Waals surface area (Å²) in [6, 6.07) is 21.2. The van der Waals surface area contributed by atoms with Crippen LogP contribution in [0.4, 0.5) is 11.4 Å². The van der Waals surface area contributed by atoms with Crippen molar-refractivity contribution in [3.8, 4) is 0 Å². The third-order valence-electron chi connectivity index (χ3n) is 5.90. The highest BCUT2D eigenvalue weighted by molar-refractivity contribution is 7.92. The number of rotatable bonds is 5. The molecule has 0 saturated carbocycles. The predicted molar refractivity (Wildman–Crippen MR) is 133 cm³/mol. The van der Waals surface area contributed by atoms with Crippen LogP contribution < -0.4 is 9.21 Å². The van der Waals surface area contributed by atoms with Crippen LogP contribution in [0.25, 0.3) is 0 Å². The van der Waals surface area contributed by atoms with Gasteiger partial charge in [-0.25, -0.2) is 8.42 Å². The van der Waals surface area contributed by atoms with Gasteiger partial charge in [0, 0.05) is 49.5 Å². The zero-order valence-electron chi connectivity index (χ0n) is 18.6. The number of nitrogens with zero attached hydrogens (tertiary/aromatic N) is 3. The number of carbonyl (C=O) groups is 1. The summed E-state index contributed by atoms with van der Waals surface area (Å²) in [4.78, 5) is 17.2. The molecule has 3 aromatic carbocycles. The van der Waals surface area contributed by atoms with E-state index in [0.29, 0.717) is 29.4 Å². The van der Waals surface area contributed by atoms with Gasteiger partial charge in [0.1, 0.15) is 0 Å². The molecule has 0 spiro atoms. The van der Waals surface area contributed by atoms with Gasteiger partial charge in [-0.2, -0.15) is 0 Å². The van der Waals surface area contributed by atoms with Gasteiger partial charge in [0.25, 0.3) is 15.9 Å². The molecule has 33 heavy (non-hydrogen) atoms. The van der Waals surface area contributed by atoms with E-state index in [1.54, 1.807) is 48.5 Å². The minimum absolute atomic E-state index is 0.0589. The maximum Gasteiger partial charge on any atom is 0.264 e. The van der Waals surface area contributed by atoms with Crippen LogP contribution in [0.15, 0.2) is 77.7 Å². The molecule has 1 aliphatic rings. The summed E-state index contributed by atoms with van der Waals surface area (Å²) in [5.74, 6) is -0.0589. The molecule has 1 aliphatic heterocycles. The summed E-state index contributed by atoms with van der Waals surface area (Å²) in [7, 11) is -2.16. The number of hydrogen-bond donors (Lipinski definition) is 0. The second-order valence-electron chi connectivity index (χ2n) is 8.09. The highest BCUT2D eigenvalue weighted by Gasteiger charge is 2.24. The molecule has 0 unspecified atom stereocenters. The number of aryl methyl sites for hydroxylation is 1. The second kappa shape index (κ2) is 9.45. The lowest BCUT2D eigenvalue weighted by atomic mass is 10.1. The monoisotopic (exact) mass is 483 g/mol. The van der Waals surface area contributed by atoms with Gasteiger partial charge in [-0.1, -0.05) is 35.4 Å². The Balaban J connectivity index is 1.42. The van der Waals surface area contributed by atoms with Gasteiger partial charge in [0.2, 0.25) is 0 Å². The van der Waals surface area contributed by atoms with Gasteiger partial charge in [-0.05, 0) is 61.5 Å². The molecule has 172 valence electrons. The molecule has 4 rings (SSSR count). The van der Waals surface area contributed by atoms with Crippen molar-refractivity contribution in [1.29, 1.82) is 0 Å². The molecule has 0 aromatic heterocycles. The Bertz CT molecular complexity index is 1240. The van der Waals surface area contributed by atoms with E-state index in [1.165, 1.54) is 11.4 Å². The van der Waals surface area contributed by atoms with Crippen LogP contribution in [0, 0.1) is 6.92 Å². The predicted octanol–water partition coefficient (Wildman–Crippen LogP) is 4.44. The normalized spacial score (nSPS) is 14.3. The van der Waals surface area contributed by atoms with Crippen molar-refractivity contribution in [1.82, 2.24) is 4.90 Å². The Morgan fingerprint density at radius 3 is 2.15 bits per heavy atom. The number of halogens is 1. The Labute approximate surface area is 200 Å². The quantitative estimate of drug-likeness (QED) is 0.538. The maximum absolute atomic E-state index is 13.0. The summed E-state index contributed by atoms with van der Waals surface area (Å²) in [5, 5.41) is 0.695. The average molecular weight is 484 g/mol. The first-order valence-corrected chi connectivity index (χ1v) is 12.5. The summed E-state index contributed by atoms with van der Waals surface area (Å²) in [6.45, 7) is 4.57. The highest BCUT2D eigenvalue weighted by atomic mass is 35.5. The summed E-state index contributed by atoms with van der Waals surface area (Å²) in [6.07, 6.45) is 0. The fourth-order valence-electron chi connectivity index (χ4n) is 3.84. The van der Waals surface area contributed by atoms with Crippen molar-refractivity contribution in [2.45, 2.75) is 11.8 Å². The molecular formula is C25H26ClN3O3S. The van der Waals surface area contributed by atoms with E-state index in [2.05, 4.69) is 4.90 Å². The number of carbonyl (C=O) groups excluding carboxylic acids is 1.